The molecule has 0 aliphatic rings. The quantitative estimate of drug-likeness (QED) is 0.162. The smallest absolute Gasteiger partial charge is 0.309 e. The highest BCUT2D eigenvalue weighted by Gasteiger charge is 2.33. The van der Waals surface area contributed by atoms with Crippen LogP contribution in [-0.4, -0.2) is 24.1 Å². The molecular formula is C56H28F3N9. The summed E-state index contributed by atoms with van der Waals surface area (Å²) in [6.07, 6.45) is -4.76. The van der Waals surface area contributed by atoms with Crippen molar-refractivity contribution in [1.82, 2.24) is 24.1 Å². The van der Waals surface area contributed by atoms with E-state index >= 15 is 13.2 Å². The molecule has 0 spiro atoms. The van der Waals surface area contributed by atoms with Gasteiger partial charge in [0.2, 0.25) is 0 Å². The van der Waals surface area contributed by atoms with Crippen molar-refractivity contribution < 1.29 is 13.2 Å². The number of benzene rings is 8. The third kappa shape index (κ3) is 6.82. The van der Waals surface area contributed by atoms with Crippen molar-refractivity contribution in [3.8, 4) is 80.9 Å². The molecule has 3 aromatic heterocycles. The highest BCUT2D eigenvalue weighted by atomic mass is 19.4. The molecule has 0 bridgehead atoms. The van der Waals surface area contributed by atoms with Crippen molar-refractivity contribution >= 4 is 43.6 Å². The van der Waals surface area contributed by atoms with E-state index in [0.29, 0.717) is 100 Å². The molecule has 0 radical (unpaired) electrons. The first-order chi connectivity index (χ1) is 33.1. The van der Waals surface area contributed by atoms with E-state index in [9.17, 15) is 21.0 Å². The lowest BCUT2D eigenvalue weighted by atomic mass is 9.96. The van der Waals surface area contributed by atoms with Gasteiger partial charge in [-0.3, -0.25) is 0 Å². The van der Waals surface area contributed by atoms with Gasteiger partial charge >= 0.3 is 6.18 Å². The van der Waals surface area contributed by atoms with Gasteiger partial charge in [-0.2, -0.15) is 34.2 Å². The summed E-state index contributed by atoms with van der Waals surface area (Å²) in [5.74, 6) is 1.05. The van der Waals surface area contributed by atoms with E-state index < -0.39 is 11.7 Å². The maximum atomic E-state index is 15.2. The number of halogens is 3. The fourth-order valence-electron chi connectivity index (χ4n) is 8.99. The average molecular weight is 884 g/mol. The Balaban J connectivity index is 1.28. The van der Waals surface area contributed by atoms with Gasteiger partial charge < -0.3 is 9.13 Å². The zero-order valence-electron chi connectivity index (χ0n) is 35.3. The number of hydrogen-bond donors (Lipinski definition) is 0. The molecule has 8 aromatic carbocycles. The second kappa shape index (κ2) is 16.0. The van der Waals surface area contributed by atoms with Crippen LogP contribution in [-0.2, 0) is 6.18 Å². The molecule has 0 atom stereocenters. The van der Waals surface area contributed by atoms with Crippen LogP contribution in [0.2, 0.25) is 0 Å². The molecule has 11 aromatic rings. The maximum Gasteiger partial charge on any atom is 0.416 e. The third-order valence-corrected chi connectivity index (χ3v) is 12.1. The largest absolute Gasteiger partial charge is 0.416 e. The monoisotopic (exact) mass is 883 g/mol. The lowest BCUT2D eigenvalue weighted by Gasteiger charge is -2.21. The number of rotatable bonds is 6. The summed E-state index contributed by atoms with van der Waals surface area (Å²) >= 11 is 0. The van der Waals surface area contributed by atoms with Crippen molar-refractivity contribution in [3.63, 3.8) is 0 Å². The summed E-state index contributed by atoms with van der Waals surface area (Å²) in [6, 6.07) is 57.3. The summed E-state index contributed by atoms with van der Waals surface area (Å²) < 4.78 is 49.3. The van der Waals surface area contributed by atoms with Crippen molar-refractivity contribution in [2.75, 3.05) is 0 Å². The van der Waals surface area contributed by atoms with Gasteiger partial charge in [-0.05, 0) is 109 Å². The Morgan fingerprint density at radius 2 is 0.721 bits per heavy atom. The van der Waals surface area contributed by atoms with E-state index in [0.717, 1.165) is 23.3 Å². The highest BCUT2D eigenvalue weighted by Crippen LogP contribution is 2.45. The van der Waals surface area contributed by atoms with E-state index in [4.69, 9.17) is 15.0 Å². The minimum atomic E-state index is -4.76. The third-order valence-electron chi connectivity index (χ3n) is 12.1. The second-order valence-corrected chi connectivity index (χ2v) is 16.0. The molecule has 3 heterocycles. The normalized spacial score (nSPS) is 11.4. The number of aromatic nitrogens is 5. The Labute approximate surface area is 385 Å². The Morgan fingerprint density at radius 1 is 0.368 bits per heavy atom. The van der Waals surface area contributed by atoms with Gasteiger partial charge in [-0.1, -0.05) is 60.7 Å². The molecule has 68 heavy (non-hydrogen) atoms. The first-order valence-electron chi connectivity index (χ1n) is 21.1. The first-order valence-corrected chi connectivity index (χ1v) is 21.1. The van der Waals surface area contributed by atoms with Crippen LogP contribution in [0.4, 0.5) is 13.2 Å². The van der Waals surface area contributed by atoms with Crippen LogP contribution < -0.4 is 0 Å². The molecule has 0 saturated carbocycles. The molecule has 9 nitrogen and oxygen atoms in total. The van der Waals surface area contributed by atoms with Crippen LogP contribution >= 0.6 is 0 Å². The fourth-order valence-corrected chi connectivity index (χ4v) is 8.99. The molecule has 0 unspecified atom stereocenters. The summed E-state index contributed by atoms with van der Waals surface area (Å²) in [7, 11) is 0. The van der Waals surface area contributed by atoms with Crippen molar-refractivity contribution in [2.45, 2.75) is 6.18 Å². The van der Waals surface area contributed by atoms with Gasteiger partial charge in [-0.25, -0.2) is 15.0 Å². The van der Waals surface area contributed by atoms with E-state index in [-0.39, 0.29) is 11.4 Å². The van der Waals surface area contributed by atoms with Crippen molar-refractivity contribution in [2.24, 2.45) is 0 Å². The van der Waals surface area contributed by atoms with Crippen molar-refractivity contribution in [1.29, 1.82) is 21.0 Å². The Morgan fingerprint density at radius 3 is 1.09 bits per heavy atom. The predicted molar refractivity (Wildman–Crippen MR) is 254 cm³/mol. The minimum absolute atomic E-state index is 0.183. The molecule has 318 valence electrons. The van der Waals surface area contributed by atoms with E-state index in [1.165, 1.54) is 6.07 Å². The van der Waals surface area contributed by atoms with Gasteiger partial charge in [0.15, 0.2) is 17.5 Å². The minimum Gasteiger partial charge on any atom is -0.309 e. The average Bonchev–Trinajstić information content (AvgIpc) is 3.89. The van der Waals surface area contributed by atoms with E-state index in [1.54, 1.807) is 78.9 Å². The number of nitrogens with zero attached hydrogens (tertiary/aromatic N) is 9. The van der Waals surface area contributed by atoms with Gasteiger partial charge in [-0.15, -0.1) is 0 Å². The molecule has 0 amide bonds. The summed E-state index contributed by atoms with van der Waals surface area (Å²) in [5.41, 5.74) is 6.40. The van der Waals surface area contributed by atoms with Gasteiger partial charge in [0.05, 0.1) is 85.5 Å². The molecule has 11 rings (SSSR count). The number of hydrogen-bond acceptors (Lipinski definition) is 7. The standard InChI is InChI=1S/C56H28F3N9/c57-56(58,59)40-16-22-52(68-49-19-13-35(31-62)25-43(49)44-26-36(32-63)14-20-50(44)68)46(28-40)45-27-39(55-65-53(37-7-3-1-4-8-37)64-54(66-55)38-9-5-2-6-10-38)15-21-51(45)67-47-17-11-33(29-60)23-41(47)42-24-34(30-61)12-18-48(42)67/h1-28H. The molecule has 0 saturated heterocycles. The predicted octanol–water partition coefficient (Wildman–Crippen LogP) is 13.2. The lowest BCUT2D eigenvalue weighted by Crippen LogP contribution is -2.08. The fraction of sp³-hybridized carbons (Fsp3) is 0.0179. The van der Waals surface area contributed by atoms with E-state index in [1.807, 2.05) is 81.9 Å². The number of alkyl halides is 3. The molecule has 0 aliphatic carbocycles. The Hall–Kier alpha value is -9.88. The van der Waals surface area contributed by atoms with Crippen LogP contribution in [0.3, 0.4) is 0 Å². The highest BCUT2D eigenvalue weighted by molar-refractivity contribution is 6.12. The van der Waals surface area contributed by atoms with Gasteiger partial charge in [0.1, 0.15) is 0 Å². The zero-order chi connectivity index (χ0) is 46.7. The van der Waals surface area contributed by atoms with Crippen LogP contribution in [0.5, 0.6) is 0 Å². The van der Waals surface area contributed by atoms with Gasteiger partial charge in [0, 0.05) is 49.4 Å². The Kier molecular flexibility index (Phi) is 9.60. The number of fused-ring (bicyclic) bond motifs is 6. The van der Waals surface area contributed by atoms with Crippen LogP contribution in [0, 0.1) is 45.3 Å². The van der Waals surface area contributed by atoms with Crippen molar-refractivity contribution in [3.05, 3.63) is 198 Å². The second-order valence-electron chi connectivity index (χ2n) is 16.0. The summed E-state index contributed by atoms with van der Waals surface area (Å²) in [6.45, 7) is 0. The molecule has 12 heteroatoms. The van der Waals surface area contributed by atoms with Crippen LogP contribution in [0.15, 0.2) is 170 Å². The van der Waals surface area contributed by atoms with E-state index in [2.05, 4.69) is 24.3 Å². The summed E-state index contributed by atoms with van der Waals surface area (Å²) in [4.78, 5) is 14.8. The maximum absolute atomic E-state index is 15.2. The topological polar surface area (TPSA) is 144 Å². The molecule has 0 aliphatic heterocycles. The van der Waals surface area contributed by atoms with Crippen LogP contribution in [0.1, 0.15) is 27.8 Å². The van der Waals surface area contributed by atoms with Gasteiger partial charge in [0.25, 0.3) is 0 Å². The number of nitriles is 4. The Bertz CT molecular complexity index is 3870. The summed E-state index contributed by atoms with van der Waals surface area (Å²) in [5, 5.41) is 42.4. The first kappa shape index (κ1) is 40.9. The lowest BCUT2D eigenvalue weighted by molar-refractivity contribution is -0.137. The molecular weight excluding hydrogens is 856 g/mol. The van der Waals surface area contributed by atoms with Crippen LogP contribution in [0.25, 0.3) is 100 Å². The molecule has 0 N–H and O–H groups in total. The zero-order valence-corrected chi connectivity index (χ0v) is 35.3. The molecule has 0 fully saturated rings. The SMILES string of the molecule is N#Cc1ccc2c(c1)c1cc(C#N)ccc1n2-c1ccc(-c2nc(-c3ccccc3)nc(-c3ccccc3)n2)cc1-c1cc(C(F)(F)F)ccc1-n1c2ccc(C#N)cc2c2cc(C#N)ccc21.